The maximum Gasteiger partial charge on any atom is 0.231 e. The lowest BCUT2D eigenvalue weighted by Crippen LogP contribution is -2.28. The Morgan fingerprint density at radius 1 is 1.33 bits per heavy atom. The third-order valence-electron chi connectivity index (χ3n) is 4.97. The highest BCUT2D eigenvalue weighted by molar-refractivity contribution is 5.55. The minimum atomic E-state index is 0.285. The maximum atomic E-state index is 5.51. The van der Waals surface area contributed by atoms with Gasteiger partial charge in [0, 0.05) is 19.6 Å². The number of benzene rings is 1. The summed E-state index contributed by atoms with van der Waals surface area (Å²) in [6, 6.07) is 4.16. The number of methoxy groups -OCH3 is 1. The van der Waals surface area contributed by atoms with Crippen LogP contribution in [0.3, 0.4) is 0 Å². The van der Waals surface area contributed by atoms with E-state index >= 15 is 0 Å². The molecule has 21 heavy (non-hydrogen) atoms. The van der Waals surface area contributed by atoms with Crippen LogP contribution in [0, 0.1) is 5.41 Å². The summed E-state index contributed by atoms with van der Waals surface area (Å²) in [7, 11) is 1.68. The summed E-state index contributed by atoms with van der Waals surface area (Å²) < 4.78 is 16.4. The van der Waals surface area contributed by atoms with E-state index in [1.165, 1.54) is 44.6 Å². The van der Waals surface area contributed by atoms with Gasteiger partial charge in [0.15, 0.2) is 11.5 Å². The Balaban J connectivity index is 1.50. The number of hydrogen-bond donors (Lipinski definition) is 1. The average Bonchev–Trinajstić information content (AvgIpc) is 3.21. The summed E-state index contributed by atoms with van der Waals surface area (Å²) in [5.74, 6) is 2.32. The lowest BCUT2D eigenvalue weighted by Gasteiger charge is -2.23. The van der Waals surface area contributed by atoms with Crippen LogP contribution in [0.5, 0.6) is 17.2 Å². The highest BCUT2D eigenvalue weighted by Crippen LogP contribution is 2.43. The van der Waals surface area contributed by atoms with Gasteiger partial charge in [-0.25, -0.2) is 0 Å². The molecule has 3 heterocycles. The van der Waals surface area contributed by atoms with Gasteiger partial charge in [-0.05, 0) is 49.0 Å². The number of likely N-dealkylation sites (tertiary alicyclic amines) is 1. The summed E-state index contributed by atoms with van der Waals surface area (Å²) in [5, 5.41) is 3.51. The van der Waals surface area contributed by atoms with Crippen LogP contribution in [0.1, 0.15) is 18.4 Å². The van der Waals surface area contributed by atoms with Crippen LogP contribution >= 0.6 is 0 Å². The molecule has 1 N–H and O–H groups in total. The second-order valence-corrected chi connectivity index (χ2v) is 6.42. The number of hydrogen-bond acceptors (Lipinski definition) is 5. The average molecular weight is 290 g/mol. The first kappa shape index (κ1) is 13.2. The van der Waals surface area contributed by atoms with E-state index in [0.29, 0.717) is 5.41 Å². The lowest BCUT2D eigenvalue weighted by atomic mass is 9.86. The van der Waals surface area contributed by atoms with Gasteiger partial charge >= 0.3 is 0 Å². The van der Waals surface area contributed by atoms with Gasteiger partial charge < -0.3 is 19.5 Å². The van der Waals surface area contributed by atoms with Crippen LogP contribution in [0.4, 0.5) is 0 Å². The third-order valence-corrected chi connectivity index (χ3v) is 4.97. The normalized spacial score (nSPS) is 27.7. The molecule has 5 nitrogen and oxygen atoms in total. The number of nitrogens with zero attached hydrogens (tertiary/aromatic N) is 1. The second-order valence-electron chi connectivity index (χ2n) is 6.42. The van der Waals surface area contributed by atoms with Crippen molar-refractivity contribution in [1.29, 1.82) is 0 Å². The topological polar surface area (TPSA) is 43.0 Å². The molecule has 2 saturated heterocycles. The van der Waals surface area contributed by atoms with Crippen molar-refractivity contribution in [3.05, 3.63) is 17.7 Å². The first-order valence-electron chi connectivity index (χ1n) is 7.68. The summed E-state index contributed by atoms with van der Waals surface area (Å²) in [6.45, 7) is 5.96. The molecule has 114 valence electrons. The molecular formula is C16H22N2O3. The van der Waals surface area contributed by atoms with Crippen molar-refractivity contribution in [1.82, 2.24) is 10.2 Å². The van der Waals surface area contributed by atoms with E-state index in [2.05, 4.69) is 22.3 Å². The van der Waals surface area contributed by atoms with Gasteiger partial charge in [-0.1, -0.05) is 0 Å². The Kier molecular flexibility index (Phi) is 3.19. The van der Waals surface area contributed by atoms with Gasteiger partial charge in [0.1, 0.15) is 0 Å². The highest BCUT2D eigenvalue weighted by atomic mass is 16.7. The van der Waals surface area contributed by atoms with Crippen LogP contribution < -0.4 is 19.5 Å². The van der Waals surface area contributed by atoms with E-state index in [9.17, 15) is 0 Å². The molecule has 5 heteroatoms. The Hall–Kier alpha value is -1.46. The third kappa shape index (κ3) is 2.34. The molecular weight excluding hydrogens is 268 g/mol. The van der Waals surface area contributed by atoms with Crippen molar-refractivity contribution in [3.63, 3.8) is 0 Å². The van der Waals surface area contributed by atoms with E-state index in [4.69, 9.17) is 14.2 Å². The molecule has 1 aromatic carbocycles. The highest BCUT2D eigenvalue weighted by Gasteiger charge is 2.40. The van der Waals surface area contributed by atoms with E-state index in [1.807, 2.05) is 0 Å². The quantitative estimate of drug-likeness (QED) is 0.916. The number of fused-ring (bicyclic) bond motifs is 1. The smallest absolute Gasteiger partial charge is 0.231 e. The minimum Gasteiger partial charge on any atom is -0.493 e. The monoisotopic (exact) mass is 290 g/mol. The molecule has 0 saturated carbocycles. The predicted octanol–water partition coefficient (Wildman–Crippen LogP) is 1.61. The summed E-state index contributed by atoms with van der Waals surface area (Å²) >= 11 is 0. The van der Waals surface area contributed by atoms with Crippen LogP contribution in [-0.4, -0.2) is 45.0 Å². The Bertz CT molecular complexity index is 541. The van der Waals surface area contributed by atoms with Crippen LogP contribution in [-0.2, 0) is 6.54 Å². The van der Waals surface area contributed by atoms with E-state index in [-0.39, 0.29) is 6.79 Å². The molecule has 3 aliphatic rings. The molecule has 0 aliphatic carbocycles. The first-order chi connectivity index (χ1) is 10.3. The summed E-state index contributed by atoms with van der Waals surface area (Å²) in [5.41, 5.74) is 1.75. The van der Waals surface area contributed by atoms with Crippen molar-refractivity contribution in [2.45, 2.75) is 19.4 Å². The molecule has 2 fully saturated rings. The maximum absolute atomic E-state index is 5.51. The van der Waals surface area contributed by atoms with Crippen LogP contribution in [0.15, 0.2) is 12.1 Å². The van der Waals surface area contributed by atoms with Gasteiger partial charge in [-0.3, -0.25) is 4.90 Å². The van der Waals surface area contributed by atoms with E-state index in [0.717, 1.165) is 23.8 Å². The fourth-order valence-corrected chi connectivity index (χ4v) is 3.84. The second kappa shape index (κ2) is 5.07. The van der Waals surface area contributed by atoms with Crippen molar-refractivity contribution in [3.8, 4) is 17.2 Å². The summed E-state index contributed by atoms with van der Waals surface area (Å²) in [6.07, 6.45) is 2.62. The van der Waals surface area contributed by atoms with Crippen molar-refractivity contribution in [2.75, 3.05) is 40.1 Å². The molecule has 0 bridgehead atoms. The number of rotatable bonds is 3. The zero-order valence-electron chi connectivity index (χ0n) is 12.5. The summed E-state index contributed by atoms with van der Waals surface area (Å²) in [4.78, 5) is 2.55. The van der Waals surface area contributed by atoms with Gasteiger partial charge in [0.2, 0.25) is 12.5 Å². The number of nitrogens with one attached hydrogen (secondary N) is 1. The SMILES string of the molecule is COc1cc(CN2CCC3(CCNC3)C2)cc2c1OCO2. The largest absolute Gasteiger partial charge is 0.493 e. The standard InChI is InChI=1S/C16H22N2O3/c1-19-13-6-12(7-14-15(13)21-11-20-14)8-18-5-3-16(10-18)2-4-17-9-16/h6-7,17H,2-5,8-11H2,1H3. The number of ether oxygens (including phenoxy) is 3. The van der Waals surface area contributed by atoms with Crippen LogP contribution in [0.2, 0.25) is 0 Å². The van der Waals surface area contributed by atoms with E-state index < -0.39 is 0 Å². The predicted molar refractivity (Wildman–Crippen MR) is 78.9 cm³/mol. The minimum absolute atomic E-state index is 0.285. The zero-order chi connectivity index (χ0) is 14.3. The van der Waals surface area contributed by atoms with E-state index in [1.54, 1.807) is 7.11 Å². The Morgan fingerprint density at radius 2 is 2.29 bits per heavy atom. The molecule has 4 rings (SSSR count). The Labute approximate surface area is 125 Å². The lowest BCUT2D eigenvalue weighted by molar-refractivity contribution is 0.171. The van der Waals surface area contributed by atoms with Gasteiger partial charge in [-0.2, -0.15) is 0 Å². The van der Waals surface area contributed by atoms with Gasteiger partial charge in [0.05, 0.1) is 7.11 Å². The van der Waals surface area contributed by atoms with Gasteiger partial charge in [-0.15, -0.1) is 0 Å². The molecule has 0 aromatic heterocycles. The van der Waals surface area contributed by atoms with Gasteiger partial charge in [0.25, 0.3) is 0 Å². The fourth-order valence-electron chi connectivity index (χ4n) is 3.84. The van der Waals surface area contributed by atoms with Crippen molar-refractivity contribution >= 4 is 0 Å². The van der Waals surface area contributed by atoms with Crippen LogP contribution in [0.25, 0.3) is 0 Å². The molecule has 1 spiro atoms. The zero-order valence-corrected chi connectivity index (χ0v) is 12.5. The van der Waals surface area contributed by atoms with Crippen molar-refractivity contribution < 1.29 is 14.2 Å². The first-order valence-corrected chi connectivity index (χ1v) is 7.68. The molecule has 3 aliphatic heterocycles. The fraction of sp³-hybridized carbons (Fsp3) is 0.625. The molecule has 1 atom stereocenters. The molecule has 0 radical (unpaired) electrons. The molecule has 0 amide bonds. The van der Waals surface area contributed by atoms with Crippen molar-refractivity contribution in [2.24, 2.45) is 5.41 Å². The molecule has 1 aromatic rings. The molecule has 1 unspecified atom stereocenters. The Morgan fingerprint density at radius 3 is 3.10 bits per heavy atom.